The Balaban J connectivity index is 2.48. The molecule has 1 atom stereocenters. The number of halogens is 2. The van der Waals surface area contributed by atoms with E-state index in [2.05, 4.69) is 29.5 Å². The normalized spacial score (nSPS) is 12.9. The van der Waals surface area contributed by atoms with Crippen LogP contribution in [0.15, 0.2) is 29.2 Å². The number of hydrogen-bond donors (Lipinski definition) is 0. The van der Waals surface area contributed by atoms with Crippen molar-refractivity contribution in [3.8, 4) is 0 Å². The average Bonchev–Trinajstić information content (AvgIpc) is 2.03. The molecule has 3 heteroatoms. The zero-order valence-electron chi connectivity index (χ0n) is 6.76. The van der Waals surface area contributed by atoms with Crippen molar-refractivity contribution in [1.29, 1.82) is 0 Å². The first-order valence-electron chi connectivity index (χ1n) is 3.71. The highest BCUT2D eigenvalue weighted by atomic mass is 127. The van der Waals surface area contributed by atoms with Gasteiger partial charge in [-0.1, -0.05) is 29.5 Å². The third-order valence-electron chi connectivity index (χ3n) is 1.29. The minimum absolute atomic E-state index is 0.165. The van der Waals surface area contributed by atoms with Crippen LogP contribution in [0.1, 0.15) is 6.92 Å². The molecule has 0 saturated heterocycles. The fourth-order valence-electron chi connectivity index (χ4n) is 0.742. The number of alkyl halides is 1. The summed E-state index contributed by atoms with van der Waals surface area (Å²) >= 11 is 4.14. The molecule has 0 amide bonds. The molecule has 0 aliphatic heterocycles. The van der Waals surface area contributed by atoms with Crippen LogP contribution < -0.4 is 0 Å². The van der Waals surface area contributed by atoms with Gasteiger partial charge in [-0.15, -0.1) is 11.8 Å². The number of benzene rings is 1. The van der Waals surface area contributed by atoms with Crippen molar-refractivity contribution in [2.75, 3.05) is 5.75 Å². The van der Waals surface area contributed by atoms with Crippen LogP contribution in [0.3, 0.4) is 0 Å². The van der Waals surface area contributed by atoms with E-state index < -0.39 is 0 Å². The van der Waals surface area contributed by atoms with E-state index in [0.717, 1.165) is 10.6 Å². The first kappa shape index (κ1) is 10.3. The molecule has 0 aliphatic rings. The summed E-state index contributed by atoms with van der Waals surface area (Å²) < 4.78 is 13.1. The molecule has 0 aromatic heterocycles. The van der Waals surface area contributed by atoms with E-state index in [-0.39, 0.29) is 5.82 Å². The second-order valence-electron chi connectivity index (χ2n) is 2.55. The van der Waals surface area contributed by atoms with Gasteiger partial charge < -0.3 is 0 Å². The molecule has 0 N–H and O–H groups in total. The predicted molar refractivity (Wildman–Crippen MR) is 60.6 cm³/mol. The maximum atomic E-state index is 12.5. The lowest BCUT2D eigenvalue weighted by molar-refractivity contribution is 0.626. The maximum Gasteiger partial charge on any atom is 0.123 e. The summed E-state index contributed by atoms with van der Waals surface area (Å²) in [6.07, 6.45) is 0. The van der Waals surface area contributed by atoms with Crippen molar-refractivity contribution in [2.24, 2.45) is 0 Å². The van der Waals surface area contributed by atoms with Crippen molar-refractivity contribution in [3.63, 3.8) is 0 Å². The Bertz CT molecular complexity index is 233. The smallest absolute Gasteiger partial charge is 0.123 e. The summed E-state index contributed by atoms with van der Waals surface area (Å²) in [5.41, 5.74) is 0. The van der Waals surface area contributed by atoms with Crippen molar-refractivity contribution < 1.29 is 4.39 Å². The molecule has 0 spiro atoms. The molecule has 12 heavy (non-hydrogen) atoms. The van der Waals surface area contributed by atoms with Crippen molar-refractivity contribution in [1.82, 2.24) is 0 Å². The van der Waals surface area contributed by atoms with Gasteiger partial charge in [0.05, 0.1) is 0 Å². The van der Waals surface area contributed by atoms with Gasteiger partial charge in [0.1, 0.15) is 5.82 Å². The number of hydrogen-bond acceptors (Lipinski definition) is 1. The van der Waals surface area contributed by atoms with Gasteiger partial charge in [0, 0.05) is 14.6 Å². The Kier molecular flexibility index (Phi) is 4.35. The van der Waals surface area contributed by atoms with Gasteiger partial charge >= 0.3 is 0 Å². The van der Waals surface area contributed by atoms with E-state index in [1.54, 1.807) is 11.8 Å². The first-order valence-corrected chi connectivity index (χ1v) is 5.94. The average molecular weight is 296 g/mol. The van der Waals surface area contributed by atoms with E-state index in [4.69, 9.17) is 0 Å². The quantitative estimate of drug-likeness (QED) is 0.465. The SMILES string of the molecule is CC(I)CSc1ccc(F)cc1. The van der Waals surface area contributed by atoms with Crippen LogP contribution in [0.2, 0.25) is 0 Å². The molecule has 1 aromatic carbocycles. The standard InChI is InChI=1S/C9H10FIS/c1-7(11)6-12-9-4-2-8(10)3-5-9/h2-5,7H,6H2,1H3. The van der Waals surface area contributed by atoms with Gasteiger partial charge in [-0.25, -0.2) is 4.39 Å². The summed E-state index contributed by atoms with van der Waals surface area (Å²) in [5, 5.41) is 0. The molecule has 0 radical (unpaired) electrons. The fourth-order valence-corrected chi connectivity index (χ4v) is 2.03. The second-order valence-corrected chi connectivity index (χ2v) is 5.77. The van der Waals surface area contributed by atoms with E-state index in [0.29, 0.717) is 3.92 Å². The molecule has 0 nitrogen and oxygen atoms in total. The van der Waals surface area contributed by atoms with Crippen molar-refractivity contribution in [2.45, 2.75) is 15.7 Å². The summed E-state index contributed by atoms with van der Waals surface area (Å²) in [6, 6.07) is 6.64. The third-order valence-corrected chi connectivity index (χ3v) is 3.60. The van der Waals surface area contributed by atoms with Gasteiger partial charge in [0.15, 0.2) is 0 Å². The van der Waals surface area contributed by atoms with E-state index in [1.165, 1.54) is 12.1 Å². The summed E-state index contributed by atoms with van der Waals surface area (Å²) in [6.45, 7) is 2.16. The Labute approximate surface area is 90.1 Å². The van der Waals surface area contributed by atoms with Gasteiger partial charge in [-0.2, -0.15) is 0 Å². The van der Waals surface area contributed by atoms with E-state index >= 15 is 0 Å². The van der Waals surface area contributed by atoms with Crippen molar-refractivity contribution in [3.05, 3.63) is 30.1 Å². The Hall–Kier alpha value is 0.230. The summed E-state index contributed by atoms with van der Waals surface area (Å²) in [7, 11) is 0. The lowest BCUT2D eigenvalue weighted by Gasteiger charge is -2.02. The summed E-state index contributed by atoms with van der Waals surface area (Å²) in [5.74, 6) is 0.911. The van der Waals surface area contributed by atoms with Crippen LogP contribution in [0.5, 0.6) is 0 Å². The lowest BCUT2D eigenvalue weighted by Crippen LogP contribution is -1.92. The van der Waals surface area contributed by atoms with Crippen molar-refractivity contribution >= 4 is 34.4 Å². The largest absolute Gasteiger partial charge is 0.207 e. The predicted octanol–water partition coefficient (Wildman–Crippen LogP) is 3.74. The molecule has 66 valence electrons. The van der Waals surface area contributed by atoms with Crippen LogP contribution in [0, 0.1) is 5.82 Å². The molecule has 0 heterocycles. The molecule has 1 rings (SSSR count). The minimum Gasteiger partial charge on any atom is -0.207 e. The zero-order valence-corrected chi connectivity index (χ0v) is 9.73. The highest BCUT2D eigenvalue weighted by molar-refractivity contribution is 14.1. The van der Waals surface area contributed by atoms with E-state index in [9.17, 15) is 4.39 Å². The van der Waals surface area contributed by atoms with Crippen LogP contribution in [0.4, 0.5) is 4.39 Å². The molecular formula is C9H10FIS. The van der Waals surface area contributed by atoms with Crippen LogP contribution in [-0.2, 0) is 0 Å². The maximum absolute atomic E-state index is 12.5. The second kappa shape index (κ2) is 5.07. The van der Waals surface area contributed by atoms with Crippen LogP contribution in [-0.4, -0.2) is 9.68 Å². The molecule has 0 fully saturated rings. The lowest BCUT2D eigenvalue weighted by atomic mass is 10.4. The summed E-state index contributed by atoms with van der Waals surface area (Å²) in [4.78, 5) is 1.14. The Morgan fingerprint density at radius 1 is 1.42 bits per heavy atom. The zero-order chi connectivity index (χ0) is 8.97. The first-order chi connectivity index (χ1) is 5.68. The number of rotatable bonds is 3. The third kappa shape index (κ3) is 3.76. The van der Waals surface area contributed by atoms with Crippen LogP contribution >= 0.6 is 34.4 Å². The molecule has 1 aromatic rings. The fraction of sp³-hybridized carbons (Fsp3) is 0.333. The van der Waals surface area contributed by atoms with E-state index in [1.807, 2.05) is 12.1 Å². The molecule has 0 saturated carbocycles. The van der Waals surface area contributed by atoms with Gasteiger partial charge in [0.2, 0.25) is 0 Å². The van der Waals surface area contributed by atoms with Gasteiger partial charge in [-0.05, 0) is 24.3 Å². The Morgan fingerprint density at radius 3 is 2.50 bits per heavy atom. The monoisotopic (exact) mass is 296 g/mol. The van der Waals surface area contributed by atoms with Crippen LogP contribution in [0.25, 0.3) is 0 Å². The molecule has 0 bridgehead atoms. The highest BCUT2D eigenvalue weighted by Gasteiger charge is 1.98. The minimum atomic E-state index is -0.165. The van der Waals surface area contributed by atoms with Gasteiger partial charge in [-0.3, -0.25) is 0 Å². The molecule has 1 unspecified atom stereocenters. The topological polar surface area (TPSA) is 0 Å². The number of thioether (sulfide) groups is 1. The van der Waals surface area contributed by atoms with Gasteiger partial charge in [0.25, 0.3) is 0 Å². The molecule has 0 aliphatic carbocycles. The Morgan fingerprint density at radius 2 is 2.00 bits per heavy atom. The molecular weight excluding hydrogens is 286 g/mol. The highest BCUT2D eigenvalue weighted by Crippen LogP contribution is 2.20.